The fourth-order valence-corrected chi connectivity index (χ4v) is 1.51. The minimum Gasteiger partial charge on any atom is -0.464 e. The van der Waals surface area contributed by atoms with E-state index in [1.165, 1.54) is 12.8 Å². The number of allylic oxidation sites excluding steroid dienone is 1. The molecule has 0 amide bonds. The highest BCUT2D eigenvalue weighted by molar-refractivity contribution is 7.80. The monoisotopic (exact) mass is 199 g/mol. The van der Waals surface area contributed by atoms with Crippen molar-refractivity contribution in [2.45, 2.75) is 38.7 Å². The molecule has 0 saturated carbocycles. The Hall–Kier alpha value is -0.570. The van der Waals surface area contributed by atoms with Crippen LogP contribution in [0.4, 0.5) is 0 Å². The zero-order chi connectivity index (χ0) is 9.52. The van der Waals surface area contributed by atoms with Crippen LogP contribution in [0.25, 0.3) is 0 Å². The molecule has 1 atom stereocenters. The Morgan fingerprint density at radius 2 is 2.54 bits per heavy atom. The van der Waals surface area contributed by atoms with Crippen LogP contribution in [-0.4, -0.2) is 17.8 Å². The Labute approximate surface area is 85.4 Å². The van der Waals surface area contributed by atoms with Gasteiger partial charge in [-0.3, -0.25) is 0 Å². The summed E-state index contributed by atoms with van der Waals surface area (Å²) in [6.07, 6.45) is 9.01. The van der Waals surface area contributed by atoms with Crippen LogP contribution in [0.2, 0.25) is 0 Å². The van der Waals surface area contributed by atoms with Crippen LogP contribution in [-0.2, 0) is 4.74 Å². The topological polar surface area (TPSA) is 21.3 Å². The average Bonchev–Trinajstić information content (AvgIpc) is 2.16. The number of rotatable bonds is 3. The molecule has 0 spiro atoms. The highest BCUT2D eigenvalue weighted by Crippen LogP contribution is 2.13. The van der Waals surface area contributed by atoms with Crippen LogP contribution in [0, 0.1) is 0 Å². The lowest BCUT2D eigenvalue weighted by molar-refractivity contribution is 0.213. The number of hydrogen-bond donors (Lipinski definition) is 1. The molecule has 0 aromatic rings. The van der Waals surface area contributed by atoms with Crippen LogP contribution in [0.15, 0.2) is 12.2 Å². The molecule has 0 fully saturated rings. The Morgan fingerprint density at radius 3 is 3.15 bits per heavy atom. The fourth-order valence-electron chi connectivity index (χ4n) is 1.29. The fraction of sp³-hybridized carbons (Fsp3) is 0.700. The standard InChI is InChI=1S/C10H17NOS/c1-2-8-11-10(13)12-9-6-4-3-5-7-9/h4,6,9H,2-3,5,7-8H2,1H3,(H,11,13)/t9-/m0/s1. The van der Waals surface area contributed by atoms with Crippen LogP contribution in [0.3, 0.4) is 0 Å². The van der Waals surface area contributed by atoms with Gasteiger partial charge in [-0.15, -0.1) is 0 Å². The molecule has 0 aromatic heterocycles. The maximum atomic E-state index is 5.53. The van der Waals surface area contributed by atoms with Crippen molar-refractivity contribution < 1.29 is 4.74 Å². The van der Waals surface area contributed by atoms with Gasteiger partial charge in [0.05, 0.1) is 0 Å². The number of ether oxygens (including phenoxy) is 1. The van der Waals surface area contributed by atoms with Crippen molar-refractivity contribution in [3.05, 3.63) is 12.2 Å². The second-order valence-corrected chi connectivity index (χ2v) is 3.60. The van der Waals surface area contributed by atoms with E-state index in [0.717, 1.165) is 19.4 Å². The molecule has 0 aromatic carbocycles. The lowest BCUT2D eigenvalue weighted by atomic mass is 10.1. The highest BCUT2D eigenvalue weighted by Gasteiger charge is 2.10. The summed E-state index contributed by atoms with van der Waals surface area (Å²) in [6.45, 7) is 3.01. The maximum absolute atomic E-state index is 5.53. The summed E-state index contributed by atoms with van der Waals surface area (Å²) in [7, 11) is 0. The highest BCUT2D eigenvalue weighted by atomic mass is 32.1. The predicted octanol–water partition coefficient (Wildman–Crippen LogP) is 2.40. The molecule has 3 heteroatoms. The van der Waals surface area contributed by atoms with Crippen LogP contribution >= 0.6 is 12.2 Å². The van der Waals surface area contributed by atoms with Crippen molar-refractivity contribution >= 4 is 17.4 Å². The molecular formula is C10H17NOS. The van der Waals surface area contributed by atoms with Gasteiger partial charge in [-0.1, -0.05) is 13.0 Å². The minimum absolute atomic E-state index is 0.200. The molecular weight excluding hydrogens is 182 g/mol. The molecule has 0 unspecified atom stereocenters. The van der Waals surface area contributed by atoms with E-state index >= 15 is 0 Å². The van der Waals surface area contributed by atoms with Crippen LogP contribution < -0.4 is 5.32 Å². The third kappa shape index (κ3) is 4.27. The number of nitrogens with one attached hydrogen (secondary N) is 1. The van der Waals surface area contributed by atoms with Crippen LogP contribution in [0.1, 0.15) is 32.6 Å². The first-order chi connectivity index (χ1) is 6.33. The largest absolute Gasteiger partial charge is 0.464 e. The van der Waals surface area contributed by atoms with Crippen molar-refractivity contribution in [2.24, 2.45) is 0 Å². The summed E-state index contributed by atoms with van der Waals surface area (Å²) in [4.78, 5) is 0. The van der Waals surface area contributed by atoms with E-state index in [0.29, 0.717) is 5.17 Å². The number of thiocarbonyl (C=S) groups is 1. The van der Waals surface area contributed by atoms with Gasteiger partial charge in [-0.2, -0.15) is 0 Å². The Balaban J connectivity index is 2.18. The van der Waals surface area contributed by atoms with Gasteiger partial charge in [-0.25, -0.2) is 0 Å². The van der Waals surface area contributed by atoms with Gasteiger partial charge in [-0.05, 0) is 44.0 Å². The molecule has 1 aliphatic rings. The zero-order valence-corrected chi connectivity index (χ0v) is 8.90. The van der Waals surface area contributed by atoms with Gasteiger partial charge in [0.1, 0.15) is 6.10 Å². The Bertz CT molecular complexity index is 191. The lowest BCUT2D eigenvalue weighted by Crippen LogP contribution is -2.29. The molecule has 1 N–H and O–H groups in total. The number of hydrogen-bond acceptors (Lipinski definition) is 2. The molecule has 13 heavy (non-hydrogen) atoms. The molecule has 0 heterocycles. The van der Waals surface area contributed by atoms with E-state index in [4.69, 9.17) is 17.0 Å². The summed E-state index contributed by atoms with van der Waals surface area (Å²) in [6, 6.07) is 0. The zero-order valence-electron chi connectivity index (χ0n) is 8.08. The third-order valence-electron chi connectivity index (χ3n) is 1.99. The van der Waals surface area contributed by atoms with E-state index in [9.17, 15) is 0 Å². The maximum Gasteiger partial charge on any atom is 0.257 e. The predicted molar refractivity (Wildman–Crippen MR) is 58.8 cm³/mol. The molecule has 0 saturated heterocycles. The summed E-state index contributed by atoms with van der Waals surface area (Å²) in [5.74, 6) is 0. The first kappa shape index (κ1) is 10.5. The Morgan fingerprint density at radius 1 is 1.69 bits per heavy atom. The molecule has 0 bridgehead atoms. The van der Waals surface area contributed by atoms with E-state index < -0.39 is 0 Å². The van der Waals surface area contributed by atoms with Gasteiger partial charge in [0.25, 0.3) is 5.17 Å². The van der Waals surface area contributed by atoms with Gasteiger partial charge in [0, 0.05) is 6.54 Å². The van der Waals surface area contributed by atoms with Gasteiger partial charge >= 0.3 is 0 Å². The minimum atomic E-state index is 0.200. The molecule has 1 rings (SSSR count). The quantitative estimate of drug-likeness (QED) is 0.557. The molecule has 0 radical (unpaired) electrons. The van der Waals surface area contributed by atoms with Crippen molar-refractivity contribution in [3.63, 3.8) is 0 Å². The van der Waals surface area contributed by atoms with Gasteiger partial charge in [0.15, 0.2) is 0 Å². The average molecular weight is 199 g/mol. The summed E-state index contributed by atoms with van der Waals surface area (Å²) < 4.78 is 5.53. The SMILES string of the molecule is CCCNC(=S)O[C@H]1C=CCCC1. The normalized spacial score (nSPS) is 21.2. The molecule has 2 nitrogen and oxygen atoms in total. The first-order valence-corrected chi connectivity index (χ1v) is 5.35. The second kappa shape index (κ2) is 5.97. The van der Waals surface area contributed by atoms with E-state index in [-0.39, 0.29) is 6.10 Å². The Kier molecular flexibility index (Phi) is 4.83. The van der Waals surface area contributed by atoms with E-state index in [1.54, 1.807) is 0 Å². The summed E-state index contributed by atoms with van der Waals surface area (Å²) in [5, 5.41) is 3.60. The molecule has 1 aliphatic carbocycles. The third-order valence-corrected chi connectivity index (χ3v) is 2.23. The van der Waals surface area contributed by atoms with Crippen molar-refractivity contribution in [3.8, 4) is 0 Å². The first-order valence-electron chi connectivity index (χ1n) is 4.94. The summed E-state index contributed by atoms with van der Waals surface area (Å²) in [5.41, 5.74) is 0. The second-order valence-electron chi connectivity index (χ2n) is 3.23. The van der Waals surface area contributed by atoms with E-state index in [2.05, 4.69) is 24.4 Å². The molecule has 74 valence electrons. The van der Waals surface area contributed by atoms with E-state index in [1.807, 2.05) is 0 Å². The van der Waals surface area contributed by atoms with Gasteiger partial charge < -0.3 is 10.1 Å². The van der Waals surface area contributed by atoms with Crippen LogP contribution in [0.5, 0.6) is 0 Å². The van der Waals surface area contributed by atoms with Crippen molar-refractivity contribution in [2.75, 3.05) is 6.54 Å². The lowest BCUT2D eigenvalue weighted by Gasteiger charge is -2.19. The molecule has 0 aliphatic heterocycles. The smallest absolute Gasteiger partial charge is 0.257 e. The summed E-state index contributed by atoms with van der Waals surface area (Å²) >= 11 is 5.03. The van der Waals surface area contributed by atoms with Crippen molar-refractivity contribution in [1.82, 2.24) is 5.32 Å². The van der Waals surface area contributed by atoms with Gasteiger partial charge in [0.2, 0.25) is 0 Å². The van der Waals surface area contributed by atoms with Crippen molar-refractivity contribution in [1.29, 1.82) is 0 Å².